The summed E-state index contributed by atoms with van der Waals surface area (Å²) in [7, 11) is 0. The molecule has 0 saturated heterocycles. The van der Waals surface area contributed by atoms with Crippen LogP contribution in [0.5, 0.6) is 0 Å². The monoisotopic (exact) mass is 363 g/mol. The normalized spacial score (nSPS) is 14.3. The van der Waals surface area contributed by atoms with Crippen molar-refractivity contribution in [1.29, 1.82) is 0 Å². The third kappa shape index (κ3) is 5.30. The van der Waals surface area contributed by atoms with E-state index in [1.807, 2.05) is 30.3 Å². The summed E-state index contributed by atoms with van der Waals surface area (Å²) in [5.41, 5.74) is 7.17. The fourth-order valence-electron chi connectivity index (χ4n) is 2.47. The third-order valence-corrected chi connectivity index (χ3v) is 3.90. The zero-order valence-corrected chi connectivity index (χ0v) is 14.5. The molecular formula is C17H22ClN5O2. The van der Waals surface area contributed by atoms with Gasteiger partial charge in [0.2, 0.25) is 11.8 Å². The lowest BCUT2D eigenvalue weighted by Crippen LogP contribution is -2.29. The van der Waals surface area contributed by atoms with E-state index >= 15 is 0 Å². The first kappa shape index (κ1) is 19.0. The lowest BCUT2D eigenvalue weighted by Gasteiger charge is -2.14. The van der Waals surface area contributed by atoms with Gasteiger partial charge in [-0.2, -0.15) is 5.10 Å². The molecule has 0 spiro atoms. The van der Waals surface area contributed by atoms with Gasteiger partial charge in [0.25, 0.3) is 0 Å². The van der Waals surface area contributed by atoms with E-state index in [-0.39, 0.29) is 37.3 Å². The Kier molecular flexibility index (Phi) is 6.55. The zero-order valence-electron chi connectivity index (χ0n) is 13.7. The van der Waals surface area contributed by atoms with Gasteiger partial charge in [-0.15, -0.1) is 12.4 Å². The maximum atomic E-state index is 12.4. The van der Waals surface area contributed by atoms with Crippen LogP contribution in [0.15, 0.2) is 42.7 Å². The number of benzene rings is 1. The number of hydrogen-bond donors (Lipinski definition) is 3. The summed E-state index contributed by atoms with van der Waals surface area (Å²) < 4.78 is 1.51. The van der Waals surface area contributed by atoms with Gasteiger partial charge in [0.15, 0.2) is 0 Å². The molecule has 2 aromatic rings. The minimum Gasteiger partial charge on any atom is -0.352 e. The topological polar surface area (TPSA) is 102 Å². The van der Waals surface area contributed by atoms with Crippen molar-refractivity contribution in [2.75, 3.05) is 11.9 Å². The van der Waals surface area contributed by atoms with Crippen molar-refractivity contribution < 1.29 is 9.59 Å². The SMILES string of the molecule is Cl.NCC(C(=O)Nc1cnn(CC(=O)NC2CC2)c1)c1ccccc1. The average molecular weight is 364 g/mol. The first-order valence-electron chi connectivity index (χ1n) is 8.03. The summed E-state index contributed by atoms with van der Waals surface area (Å²) in [5.74, 6) is -0.680. The smallest absolute Gasteiger partial charge is 0.241 e. The number of carbonyl (C=O) groups is 2. The molecular weight excluding hydrogens is 342 g/mol. The van der Waals surface area contributed by atoms with Crippen molar-refractivity contribution in [3.05, 3.63) is 48.3 Å². The van der Waals surface area contributed by atoms with Gasteiger partial charge < -0.3 is 16.4 Å². The molecule has 1 heterocycles. The maximum absolute atomic E-state index is 12.4. The Bertz CT molecular complexity index is 715. The Morgan fingerprint density at radius 2 is 2.00 bits per heavy atom. The van der Waals surface area contributed by atoms with Gasteiger partial charge in [-0.25, -0.2) is 0 Å². The van der Waals surface area contributed by atoms with Gasteiger partial charge in [-0.3, -0.25) is 14.3 Å². The standard InChI is InChI=1S/C17H21N5O2.ClH/c18-8-15(12-4-2-1-3-5-12)17(24)21-14-9-19-22(10-14)11-16(23)20-13-6-7-13;/h1-5,9-10,13,15H,6-8,11,18H2,(H,20,23)(H,21,24);1H. The third-order valence-electron chi connectivity index (χ3n) is 3.90. The van der Waals surface area contributed by atoms with Crippen LogP contribution in [0.3, 0.4) is 0 Å². The molecule has 1 atom stereocenters. The summed E-state index contributed by atoms with van der Waals surface area (Å²) >= 11 is 0. The Labute approximate surface area is 152 Å². The van der Waals surface area contributed by atoms with Crippen LogP contribution >= 0.6 is 12.4 Å². The molecule has 1 aliphatic carbocycles. The summed E-state index contributed by atoms with van der Waals surface area (Å²) in [5, 5.41) is 9.81. The number of carbonyl (C=O) groups excluding carboxylic acids is 2. The van der Waals surface area contributed by atoms with E-state index in [9.17, 15) is 9.59 Å². The minimum atomic E-state index is -0.423. The molecule has 1 saturated carbocycles. The molecule has 1 aromatic heterocycles. The lowest BCUT2D eigenvalue weighted by atomic mass is 9.98. The number of halogens is 1. The van der Waals surface area contributed by atoms with Crippen LogP contribution in [0.2, 0.25) is 0 Å². The van der Waals surface area contributed by atoms with Crippen molar-refractivity contribution in [1.82, 2.24) is 15.1 Å². The van der Waals surface area contributed by atoms with E-state index in [1.54, 1.807) is 6.20 Å². The maximum Gasteiger partial charge on any atom is 0.241 e. The summed E-state index contributed by atoms with van der Waals surface area (Å²) in [6.45, 7) is 0.360. The highest BCUT2D eigenvalue weighted by molar-refractivity contribution is 5.95. The van der Waals surface area contributed by atoms with Crippen molar-refractivity contribution in [3.63, 3.8) is 0 Å². The van der Waals surface area contributed by atoms with Crippen LogP contribution in [0.4, 0.5) is 5.69 Å². The van der Waals surface area contributed by atoms with Gasteiger partial charge in [-0.1, -0.05) is 30.3 Å². The first-order chi connectivity index (χ1) is 11.7. The minimum absolute atomic E-state index is 0. The number of rotatable bonds is 7. The van der Waals surface area contributed by atoms with Gasteiger partial charge in [-0.05, 0) is 18.4 Å². The molecule has 0 bridgehead atoms. The second-order valence-electron chi connectivity index (χ2n) is 5.96. The first-order valence-corrected chi connectivity index (χ1v) is 8.03. The fourth-order valence-corrected chi connectivity index (χ4v) is 2.47. The predicted molar refractivity (Wildman–Crippen MR) is 97.5 cm³/mol. The molecule has 0 aliphatic heterocycles. The largest absolute Gasteiger partial charge is 0.352 e. The summed E-state index contributed by atoms with van der Waals surface area (Å²) in [4.78, 5) is 24.2. The van der Waals surface area contributed by atoms with Crippen LogP contribution in [-0.4, -0.2) is 34.2 Å². The molecule has 1 fully saturated rings. The van der Waals surface area contributed by atoms with E-state index in [4.69, 9.17) is 5.73 Å². The molecule has 1 aromatic carbocycles. The van der Waals surface area contributed by atoms with Gasteiger partial charge in [0.1, 0.15) is 6.54 Å². The van der Waals surface area contributed by atoms with Crippen LogP contribution in [0.25, 0.3) is 0 Å². The highest BCUT2D eigenvalue weighted by atomic mass is 35.5. The van der Waals surface area contributed by atoms with Crippen molar-refractivity contribution >= 4 is 29.9 Å². The predicted octanol–water partition coefficient (Wildman–Crippen LogP) is 1.26. The average Bonchev–Trinajstić information content (AvgIpc) is 3.27. The van der Waals surface area contributed by atoms with Crippen LogP contribution in [0, 0.1) is 0 Å². The molecule has 4 N–H and O–H groups in total. The zero-order chi connectivity index (χ0) is 16.9. The van der Waals surface area contributed by atoms with Crippen molar-refractivity contribution in [2.24, 2.45) is 5.73 Å². The molecule has 3 rings (SSSR count). The van der Waals surface area contributed by atoms with Crippen molar-refractivity contribution in [2.45, 2.75) is 31.3 Å². The molecule has 1 aliphatic rings. The second-order valence-corrected chi connectivity index (χ2v) is 5.96. The lowest BCUT2D eigenvalue weighted by molar-refractivity contribution is -0.122. The van der Waals surface area contributed by atoms with Crippen LogP contribution in [-0.2, 0) is 16.1 Å². The highest BCUT2D eigenvalue weighted by Gasteiger charge is 2.23. The van der Waals surface area contributed by atoms with Gasteiger partial charge in [0.05, 0.1) is 17.8 Å². The molecule has 2 amide bonds. The van der Waals surface area contributed by atoms with Gasteiger partial charge in [0, 0.05) is 18.8 Å². The Morgan fingerprint density at radius 3 is 2.64 bits per heavy atom. The number of nitrogens with zero attached hydrogens (tertiary/aromatic N) is 2. The number of nitrogens with two attached hydrogens (primary N) is 1. The molecule has 8 heteroatoms. The Hall–Kier alpha value is -2.38. The van der Waals surface area contributed by atoms with Crippen molar-refractivity contribution in [3.8, 4) is 0 Å². The van der Waals surface area contributed by atoms with Crippen LogP contribution in [0.1, 0.15) is 24.3 Å². The molecule has 25 heavy (non-hydrogen) atoms. The molecule has 1 unspecified atom stereocenters. The summed E-state index contributed by atoms with van der Waals surface area (Å²) in [6.07, 6.45) is 5.27. The number of hydrogen-bond acceptors (Lipinski definition) is 4. The number of nitrogens with one attached hydrogen (secondary N) is 2. The number of anilines is 1. The molecule has 134 valence electrons. The van der Waals surface area contributed by atoms with E-state index in [2.05, 4.69) is 15.7 Å². The van der Waals surface area contributed by atoms with E-state index in [0.717, 1.165) is 18.4 Å². The van der Waals surface area contributed by atoms with E-state index in [1.165, 1.54) is 10.9 Å². The molecule has 0 radical (unpaired) electrons. The summed E-state index contributed by atoms with van der Waals surface area (Å²) in [6, 6.07) is 9.73. The molecule has 7 nitrogen and oxygen atoms in total. The quantitative estimate of drug-likeness (QED) is 0.689. The van der Waals surface area contributed by atoms with E-state index < -0.39 is 5.92 Å². The fraction of sp³-hybridized carbons (Fsp3) is 0.353. The highest BCUT2D eigenvalue weighted by Crippen LogP contribution is 2.19. The second kappa shape index (κ2) is 8.64. The Morgan fingerprint density at radius 1 is 1.28 bits per heavy atom. The van der Waals surface area contributed by atoms with Crippen LogP contribution < -0.4 is 16.4 Å². The Balaban J connectivity index is 0.00000225. The number of amides is 2. The van der Waals surface area contributed by atoms with Gasteiger partial charge >= 0.3 is 0 Å². The number of aromatic nitrogens is 2. The van der Waals surface area contributed by atoms with E-state index in [0.29, 0.717) is 11.7 Å².